The summed E-state index contributed by atoms with van der Waals surface area (Å²) in [6.45, 7) is 3.33. The Kier molecular flexibility index (Phi) is 3.67. The lowest BCUT2D eigenvalue weighted by atomic mass is 9.98. The Bertz CT molecular complexity index is 469. The summed E-state index contributed by atoms with van der Waals surface area (Å²) >= 11 is 1.79. The van der Waals surface area contributed by atoms with Crippen LogP contribution in [0.1, 0.15) is 29.3 Å². The third kappa shape index (κ3) is 2.76. The van der Waals surface area contributed by atoms with Crippen molar-refractivity contribution < 1.29 is 0 Å². The van der Waals surface area contributed by atoms with Crippen LogP contribution in [0.15, 0.2) is 36.1 Å². The Labute approximate surface area is 112 Å². The molecule has 4 heteroatoms. The van der Waals surface area contributed by atoms with Crippen LogP contribution < -0.4 is 0 Å². The van der Waals surface area contributed by atoms with Gasteiger partial charge in [-0.25, -0.2) is 4.98 Å². The average molecular weight is 259 g/mol. The van der Waals surface area contributed by atoms with Gasteiger partial charge in [-0.05, 0) is 31.0 Å². The largest absolute Gasteiger partial charge is 0.298 e. The number of piperidine rings is 1. The highest BCUT2D eigenvalue weighted by molar-refractivity contribution is 7.09. The zero-order valence-electron chi connectivity index (χ0n) is 10.3. The Morgan fingerprint density at radius 1 is 1.39 bits per heavy atom. The van der Waals surface area contributed by atoms with Crippen LogP contribution in [0, 0.1) is 0 Å². The first-order valence-electron chi connectivity index (χ1n) is 6.42. The fraction of sp³-hybridized carbons (Fsp3) is 0.429. The zero-order chi connectivity index (χ0) is 12.2. The van der Waals surface area contributed by atoms with E-state index in [0.29, 0.717) is 5.92 Å². The van der Waals surface area contributed by atoms with Gasteiger partial charge in [0.25, 0.3) is 0 Å². The molecule has 1 fully saturated rings. The van der Waals surface area contributed by atoms with Gasteiger partial charge in [0.15, 0.2) is 0 Å². The van der Waals surface area contributed by atoms with E-state index in [0.717, 1.165) is 13.1 Å². The topological polar surface area (TPSA) is 29.0 Å². The van der Waals surface area contributed by atoms with Crippen LogP contribution in [0.5, 0.6) is 0 Å². The standard InChI is InChI=1S/C14H17N3S/c1-3-12(9-15-5-1)10-17-7-2-4-13(11-17)14-16-6-8-18-14/h1,3,5-6,8-9,13H,2,4,7,10-11H2. The normalized spacial score (nSPS) is 21.0. The molecule has 1 aliphatic heterocycles. The third-order valence-electron chi connectivity index (χ3n) is 3.44. The molecule has 0 aromatic carbocycles. The van der Waals surface area contributed by atoms with Crippen LogP contribution in [0.4, 0.5) is 0 Å². The average Bonchev–Trinajstić information content (AvgIpc) is 2.94. The van der Waals surface area contributed by atoms with Crippen LogP contribution in [-0.4, -0.2) is 28.0 Å². The molecule has 0 amide bonds. The van der Waals surface area contributed by atoms with Gasteiger partial charge in [0.05, 0.1) is 5.01 Å². The van der Waals surface area contributed by atoms with E-state index in [9.17, 15) is 0 Å². The molecule has 0 spiro atoms. The predicted octanol–water partition coefficient (Wildman–Crippen LogP) is 2.92. The molecule has 0 aliphatic carbocycles. The minimum absolute atomic E-state index is 0.621. The van der Waals surface area contributed by atoms with Gasteiger partial charge in [-0.1, -0.05) is 6.07 Å². The minimum atomic E-state index is 0.621. The lowest BCUT2D eigenvalue weighted by molar-refractivity contribution is 0.200. The number of pyridine rings is 1. The molecule has 18 heavy (non-hydrogen) atoms. The summed E-state index contributed by atoms with van der Waals surface area (Å²) in [4.78, 5) is 11.2. The maximum absolute atomic E-state index is 4.46. The highest BCUT2D eigenvalue weighted by atomic mass is 32.1. The van der Waals surface area contributed by atoms with Crippen molar-refractivity contribution in [2.75, 3.05) is 13.1 Å². The second kappa shape index (κ2) is 5.59. The molecule has 94 valence electrons. The third-order valence-corrected chi connectivity index (χ3v) is 4.37. The van der Waals surface area contributed by atoms with E-state index in [1.807, 2.05) is 24.7 Å². The second-order valence-corrected chi connectivity index (χ2v) is 5.73. The summed E-state index contributed by atoms with van der Waals surface area (Å²) in [7, 11) is 0. The lowest BCUT2D eigenvalue weighted by Crippen LogP contribution is -2.33. The minimum Gasteiger partial charge on any atom is -0.298 e. The first-order valence-corrected chi connectivity index (χ1v) is 7.30. The zero-order valence-corrected chi connectivity index (χ0v) is 11.1. The van der Waals surface area contributed by atoms with Gasteiger partial charge >= 0.3 is 0 Å². The molecule has 1 saturated heterocycles. The van der Waals surface area contributed by atoms with Crippen molar-refractivity contribution >= 4 is 11.3 Å². The first kappa shape index (κ1) is 11.8. The molecule has 1 atom stereocenters. The van der Waals surface area contributed by atoms with Crippen molar-refractivity contribution in [1.82, 2.24) is 14.9 Å². The number of aromatic nitrogens is 2. The Morgan fingerprint density at radius 2 is 2.39 bits per heavy atom. The predicted molar refractivity (Wildman–Crippen MR) is 73.6 cm³/mol. The monoisotopic (exact) mass is 259 g/mol. The summed E-state index contributed by atoms with van der Waals surface area (Å²) in [5.74, 6) is 0.621. The van der Waals surface area contributed by atoms with Crippen molar-refractivity contribution in [3.8, 4) is 0 Å². The number of likely N-dealkylation sites (tertiary alicyclic amines) is 1. The molecule has 3 heterocycles. The number of hydrogen-bond donors (Lipinski definition) is 0. The molecule has 0 bridgehead atoms. The molecule has 2 aromatic heterocycles. The van der Waals surface area contributed by atoms with Crippen molar-refractivity contribution in [3.05, 3.63) is 46.7 Å². The van der Waals surface area contributed by atoms with Crippen LogP contribution >= 0.6 is 11.3 Å². The number of thiazole rings is 1. The number of nitrogens with zero attached hydrogens (tertiary/aromatic N) is 3. The highest BCUT2D eigenvalue weighted by Gasteiger charge is 2.22. The van der Waals surface area contributed by atoms with Crippen LogP contribution in [-0.2, 0) is 6.54 Å². The second-order valence-electron chi connectivity index (χ2n) is 4.81. The maximum Gasteiger partial charge on any atom is 0.0968 e. The van der Waals surface area contributed by atoms with E-state index < -0.39 is 0 Å². The van der Waals surface area contributed by atoms with Crippen molar-refractivity contribution in [2.24, 2.45) is 0 Å². The molecule has 3 nitrogen and oxygen atoms in total. The summed E-state index contributed by atoms with van der Waals surface area (Å²) in [5.41, 5.74) is 1.30. The fourth-order valence-electron chi connectivity index (χ4n) is 2.59. The van der Waals surface area contributed by atoms with E-state index >= 15 is 0 Å². The maximum atomic E-state index is 4.46. The smallest absolute Gasteiger partial charge is 0.0968 e. The molecule has 0 saturated carbocycles. The van der Waals surface area contributed by atoms with Gasteiger partial charge in [0.1, 0.15) is 0 Å². The van der Waals surface area contributed by atoms with Crippen LogP contribution in [0.2, 0.25) is 0 Å². The van der Waals surface area contributed by atoms with Crippen molar-refractivity contribution in [3.63, 3.8) is 0 Å². The van der Waals surface area contributed by atoms with Crippen molar-refractivity contribution in [1.29, 1.82) is 0 Å². The van der Waals surface area contributed by atoms with Gasteiger partial charge in [-0.15, -0.1) is 11.3 Å². The van der Waals surface area contributed by atoms with Gasteiger partial charge in [0, 0.05) is 43.0 Å². The molecule has 0 N–H and O–H groups in total. The van der Waals surface area contributed by atoms with Crippen molar-refractivity contribution in [2.45, 2.75) is 25.3 Å². The Balaban J connectivity index is 1.64. The van der Waals surface area contributed by atoms with E-state index in [1.54, 1.807) is 11.3 Å². The Morgan fingerprint density at radius 3 is 3.17 bits per heavy atom. The molecule has 3 rings (SSSR count). The summed E-state index contributed by atoms with van der Waals surface area (Å²) in [5, 5.41) is 3.38. The molecular formula is C14H17N3S. The molecular weight excluding hydrogens is 242 g/mol. The summed E-state index contributed by atoms with van der Waals surface area (Å²) in [6, 6.07) is 4.16. The van der Waals surface area contributed by atoms with Gasteiger partial charge in [-0.3, -0.25) is 9.88 Å². The number of hydrogen-bond acceptors (Lipinski definition) is 4. The van der Waals surface area contributed by atoms with E-state index in [2.05, 4.69) is 26.3 Å². The fourth-order valence-corrected chi connectivity index (χ4v) is 3.35. The quantitative estimate of drug-likeness (QED) is 0.848. The van der Waals surface area contributed by atoms with Gasteiger partial charge < -0.3 is 0 Å². The van der Waals surface area contributed by atoms with Gasteiger partial charge in [0.2, 0.25) is 0 Å². The first-order chi connectivity index (χ1) is 8.92. The van der Waals surface area contributed by atoms with Gasteiger partial charge in [-0.2, -0.15) is 0 Å². The van der Waals surface area contributed by atoms with Crippen LogP contribution in [0.3, 0.4) is 0 Å². The molecule has 2 aromatic rings. The molecule has 0 radical (unpaired) electrons. The van der Waals surface area contributed by atoms with E-state index in [4.69, 9.17) is 0 Å². The molecule has 1 aliphatic rings. The Hall–Kier alpha value is -1.26. The lowest BCUT2D eigenvalue weighted by Gasteiger charge is -2.31. The van der Waals surface area contributed by atoms with E-state index in [-0.39, 0.29) is 0 Å². The molecule has 1 unspecified atom stereocenters. The number of rotatable bonds is 3. The highest BCUT2D eigenvalue weighted by Crippen LogP contribution is 2.28. The van der Waals surface area contributed by atoms with E-state index in [1.165, 1.54) is 30.0 Å². The summed E-state index contributed by atoms with van der Waals surface area (Å²) in [6.07, 6.45) is 8.26. The van der Waals surface area contributed by atoms with Crippen LogP contribution in [0.25, 0.3) is 0 Å². The SMILES string of the molecule is c1cncc(CN2CCCC(c3nccs3)C2)c1. The summed E-state index contributed by atoms with van der Waals surface area (Å²) < 4.78 is 0.